The fourth-order valence-corrected chi connectivity index (χ4v) is 2.32. The molecule has 0 aromatic heterocycles. The molecule has 122 valence electrons. The maximum atomic E-state index is 12.4. The number of carbonyl (C=O) groups is 2. The van der Waals surface area contributed by atoms with Crippen LogP contribution in [-0.4, -0.2) is 46.4 Å². The Morgan fingerprint density at radius 3 is 2.41 bits per heavy atom. The summed E-state index contributed by atoms with van der Waals surface area (Å²) in [5.74, 6) is -0.285. The number of hydrogen-bond donors (Lipinski definition) is 2. The Morgan fingerprint density at radius 1 is 1.32 bits per heavy atom. The van der Waals surface area contributed by atoms with Crippen molar-refractivity contribution < 1.29 is 14.7 Å². The molecule has 0 radical (unpaired) electrons. The number of para-hydroxylation sites is 1. The van der Waals surface area contributed by atoms with Crippen LogP contribution in [0.5, 0.6) is 0 Å². The minimum absolute atomic E-state index is 0.0904. The minimum atomic E-state index is -0.873. The molecule has 1 aromatic carbocycles. The molecule has 0 aliphatic rings. The summed E-state index contributed by atoms with van der Waals surface area (Å²) in [4.78, 5) is 25.9. The van der Waals surface area contributed by atoms with Crippen LogP contribution in [-0.2, 0) is 4.79 Å². The van der Waals surface area contributed by atoms with Gasteiger partial charge in [-0.25, -0.2) is 0 Å². The monoisotopic (exact) mass is 306 g/mol. The van der Waals surface area contributed by atoms with Gasteiger partial charge in [0.1, 0.15) is 0 Å². The topological polar surface area (TPSA) is 69.6 Å². The van der Waals surface area contributed by atoms with Gasteiger partial charge in [-0.05, 0) is 46.4 Å². The number of carbonyl (C=O) groups excluding carboxylic acids is 2. The first-order valence-corrected chi connectivity index (χ1v) is 7.53. The van der Waals surface area contributed by atoms with Crippen molar-refractivity contribution in [2.24, 2.45) is 0 Å². The number of benzene rings is 1. The SMILES string of the molecule is CCN(CC(C)(C)O)C(C)C(=O)Nc1ccccc1C(C)=O. The van der Waals surface area contributed by atoms with Gasteiger partial charge >= 0.3 is 0 Å². The lowest BCUT2D eigenvalue weighted by molar-refractivity contribution is -0.121. The Morgan fingerprint density at radius 2 is 1.91 bits per heavy atom. The number of nitrogens with zero attached hydrogens (tertiary/aromatic N) is 1. The lowest BCUT2D eigenvalue weighted by Gasteiger charge is -2.32. The highest BCUT2D eigenvalue weighted by Gasteiger charge is 2.26. The fraction of sp³-hybridized carbons (Fsp3) is 0.529. The number of likely N-dealkylation sites (N-methyl/N-ethyl adjacent to an activating group) is 1. The van der Waals surface area contributed by atoms with E-state index >= 15 is 0 Å². The van der Waals surface area contributed by atoms with Crippen LogP contribution in [0.3, 0.4) is 0 Å². The van der Waals surface area contributed by atoms with Crippen LogP contribution in [0.2, 0.25) is 0 Å². The third-order valence-corrected chi connectivity index (χ3v) is 3.49. The Hall–Kier alpha value is -1.72. The smallest absolute Gasteiger partial charge is 0.241 e. The molecule has 0 saturated carbocycles. The van der Waals surface area contributed by atoms with E-state index in [1.54, 1.807) is 45.0 Å². The van der Waals surface area contributed by atoms with Crippen LogP contribution in [0.4, 0.5) is 5.69 Å². The van der Waals surface area contributed by atoms with E-state index in [1.165, 1.54) is 6.92 Å². The zero-order chi connectivity index (χ0) is 16.9. The lowest BCUT2D eigenvalue weighted by atomic mass is 10.1. The highest BCUT2D eigenvalue weighted by molar-refractivity contribution is 6.04. The predicted octanol–water partition coefficient (Wildman–Crippen LogP) is 2.31. The Labute approximate surface area is 132 Å². The first-order chi connectivity index (χ1) is 10.2. The lowest BCUT2D eigenvalue weighted by Crippen LogP contribution is -2.48. The second kappa shape index (κ2) is 7.51. The third-order valence-electron chi connectivity index (χ3n) is 3.49. The summed E-state index contributed by atoms with van der Waals surface area (Å²) in [6.07, 6.45) is 0. The quantitative estimate of drug-likeness (QED) is 0.759. The van der Waals surface area contributed by atoms with Gasteiger partial charge in [0.2, 0.25) is 5.91 Å². The first kappa shape index (κ1) is 18.3. The van der Waals surface area contributed by atoms with Crippen molar-refractivity contribution in [1.29, 1.82) is 0 Å². The summed E-state index contributed by atoms with van der Waals surface area (Å²) >= 11 is 0. The van der Waals surface area contributed by atoms with Crippen LogP contribution < -0.4 is 5.32 Å². The average molecular weight is 306 g/mol. The fourth-order valence-electron chi connectivity index (χ4n) is 2.32. The molecule has 0 fully saturated rings. The van der Waals surface area contributed by atoms with E-state index in [0.717, 1.165) is 0 Å². The largest absolute Gasteiger partial charge is 0.389 e. The van der Waals surface area contributed by atoms with Crippen LogP contribution in [0, 0.1) is 0 Å². The zero-order valence-electron chi connectivity index (χ0n) is 14.0. The number of ketones is 1. The predicted molar refractivity (Wildman–Crippen MR) is 88.1 cm³/mol. The van der Waals surface area contributed by atoms with Gasteiger partial charge in [0.15, 0.2) is 5.78 Å². The van der Waals surface area contributed by atoms with Gasteiger partial charge in [0.25, 0.3) is 0 Å². The summed E-state index contributed by atoms with van der Waals surface area (Å²) in [7, 11) is 0. The summed E-state index contributed by atoms with van der Waals surface area (Å²) < 4.78 is 0. The normalized spacial score (nSPS) is 13.0. The molecule has 22 heavy (non-hydrogen) atoms. The summed E-state index contributed by atoms with van der Waals surface area (Å²) in [5, 5.41) is 12.7. The highest BCUT2D eigenvalue weighted by atomic mass is 16.3. The molecule has 2 N–H and O–H groups in total. The molecule has 1 atom stereocenters. The maximum Gasteiger partial charge on any atom is 0.241 e. The second-order valence-corrected chi connectivity index (χ2v) is 6.14. The van der Waals surface area contributed by atoms with Crippen LogP contribution in [0.25, 0.3) is 0 Å². The van der Waals surface area contributed by atoms with Crippen molar-refractivity contribution in [3.63, 3.8) is 0 Å². The van der Waals surface area contributed by atoms with Gasteiger partial charge in [0.05, 0.1) is 17.3 Å². The first-order valence-electron chi connectivity index (χ1n) is 7.53. The summed E-state index contributed by atoms with van der Waals surface area (Å²) in [5.41, 5.74) is 0.140. The van der Waals surface area contributed by atoms with Crippen LogP contribution >= 0.6 is 0 Å². The van der Waals surface area contributed by atoms with Gasteiger partial charge in [0, 0.05) is 12.1 Å². The molecule has 0 heterocycles. The minimum Gasteiger partial charge on any atom is -0.389 e. The van der Waals surface area contributed by atoms with E-state index in [1.807, 2.05) is 11.8 Å². The van der Waals surface area contributed by atoms with Gasteiger partial charge in [-0.3, -0.25) is 14.5 Å². The second-order valence-electron chi connectivity index (χ2n) is 6.14. The number of amides is 1. The standard InChI is InChI=1S/C17H26N2O3/c1-6-19(11-17(4,5)22)12(2)16(21)18-15-10-8-7-9-14(15)13(3)20/h7-10,12,22H,6,11H2,1-5H3,(H,18,21). The molecular formula is C17H26N2O3. The number of hydrogen-bond acceptors (Lipinski definition) is 4. The van der Waals surface area contributed by atoms with E-state index in [4.69, 9.17) is 0 Å². The molecule has 0 bridgehead atoms. The maximum absolute atomic E-state index is 12.4. The van der Waals surface area contributed by atoms with E-state index in [-0.39, 0.29) is 11.7 Å². The number of Topliss-reactive ketones (excluding diaryl/α,β-unsaturated/α-hetero) is 1. The van der Waals surface area contributed by atoms with E-state index in [9.17, 15) is 14.7 Å². The molecule has 1 unspecified atom stereocenters. The Bertz CT molecular complexity index is 535. The molecular weight excluding hydrogens is 280 g/mol. The summed E-state index contributed by atoms with van der Waals surface area (Å²) in [6.45, 7) is 9.68. The third kappa shape index (κ3) is 5.24. The van der Waals surface area contributed by atoms with Gasteiger partial charge in [-0.2, -0.15) is 0 Å². The van der Waals surface area contributed by atoms with E-state index < -0.39 is 11.6 Å². The van der Waals surface area contributed by atoms with Gasteiger partial charge in [-0.15, -0.1) is 0 Å². The van der Waals surface area contributed by atoms with Crippen molar-refractivity contribution >= 4 is 17.4 Å². The Kier molecular flexibility index (Phi) is 6.26. The summed E-state index contributed by atoms with van der Waals surface area (Å²) in [6, 6.07) is 6.55. The molecule has 5 heteroatoms. The van der Waals surface area contributed by atoms with Gasteiger partial charge in [-0.1, -0.05) is 19.1 Å². The molecule has 0 aliphatic carbocycles. The number of aliphatic hydroxyl groups is 1. The molecule has 0 spiro atoms. The number of rotatable bonds is 7. The zero-order valence-corrected chi connectivity index (χ0v) is 14.0. The Balaban J connectivity index is 2.86. The molecule has 1 aromatic rings. The highest BCUT2D eigenvalue weighted by Crippen LogP contribution is 2.17. The van der Waals surface area contributed by atoms with Crippen molar-refractivity contribution in [3.05, 3.63) is 29.8 Å². The van der Waals surface area contributed by atoms with Gasteiger partial charge < -0.3 is 10.4 Å². The van der Waals surface area contributed by atoms with Crippen LogP contribution in [0.15, 0.2) is 24.3 Å². The van der Waals surface area contributed by atoms with Crippen molar-refractivity contribution in [2.75, 3.05) is 18.4 Å². The van der Waals surface area contributed by atoms with E-state index in [2.05, 4.69) is 5.32 Å². The van der Waals surface area contributed by atoms with Crippen LogP contribution in [0.1, 0.15) is 45.0 Å². The van der Waals surface area contributed by atoms with E-state index in [0.29, 0.717) is 24.3 Å². The number of anilines is 1. The van der Waals surface area contributed by atoms with Crippen molar-refractivity contribution in [3.8, 4) is 0 Å². The molecule has 1 rings (SSSR count). The molecule has 0 saturated heterocycles. The average Bonchev–Trinajstić information content (AvgIpc) is 2.43. The van der Waals surface area contributed by atoms with Crippen molar-refractivity contribution in [2.45, 2.75) is 46.3 Å². The molecule has 1 amide bonds. The molecule has 0 aliphatic heterocycles. The number of nitrogens with one attached hydrogen (secondary N) is 1. The molecule has 5 nitrogen and oxygen atoms in total. The van der Waals surface area contributed by atoms with Crippen molar-refractivity contribution in [1.82, 2.24) is 4.90 Å².